The van der Waals surface area contributed by atoms with Crippen LogP contribution < -0.4 is 19.7 Å². The number of thiocarbonyl (C=S) groups is 1. The molecule has 4 rings (SSSR count). The van der Waals surface area contributed by atoms with Crippen LogP contribution in [-0.4, -0.2) is 29.9 Å². The van der Waals surface area contributed by atoms with E-state index in [-0.39, 0.29) is 29.2 Å². The van der Waals surface area contributed by atoms with E-state index in [4.69, 9.17) is 33.3 Å². The lowest BCUT2D eigenvalue weighted by Gasteiger charge is -2.14. The van der Waals surface area contributed by atoms with E-state index in [0.29, 0.717) is 26.2 Å². The van der Waals surface area contributed by atoms with E-state index in [9.17, 15) is 9.59 Å². The molecule has 0 radical (unpaired) electrons. The highest BCUT2D eigenvalue weighted by molar-refractivity contribution is 8.27. The number of amides is 2. The number of hydrogen-bond acceptors (Lipinski definition) is 6. The van der Waals surface area contributed by atoms with Gasteiger partial charge in [-0.05, 0) is 55.0 Å². The van der Waals surface area contributed by atoms with Crippen LogP contribution in [0.4, 0.5) is 11.4 Å². The van der Waals surface area contributed by atoms with Crippen molar-refractivity contribution in [2.45, 2.75) is 6.92 Å². The third kappa shape index (κ3) is 5.85. The van der Waals surface area contributed by atoms with Gasteiger partial charge in [0.1, 0.15) is 0 Å². The summed E-state index contributed by atoms with van der Waals surface area (Å²) in [5, 5.41) is 2.99. The maximum atomic E-state index is 13.1. The quantitative estimate of drug-likeness (QED) is 0.298. The first-order valence-electron chi connectivity index (χ1n) is 10.6. The van der Waals surface area contributed by atoms with Gasteiger partial charge in [0.25, 0.3) is 11.8 Å². The molecule has 3 aromatic rings. The Kier molecular flexibility index (Phi) is 7.75. The van der Waals surface area contributed by atoms with Crippen molar-refractivity contribution in [3.63, 3.8) is 0 Å². The molecular weight excluding hydrogens is 504 g/mol. The zero-order valence-corrected chi connectivity index (χ0v) is 21.3. The maximum Gasteiger partial charge on any atom is 0.270 e. The second kappa shape index (κ2) is 10.9. The van der Waals surface area contributed by atoms with Gasteiger partial charge in [-0.15, -0.1) is 0 Å². The lowest BCUT2D eigenvalue weighted by molar-refractivity contribution is -0.118. The molecule has 0 aliphatic carbocycles. The molecule has 0 unspecified atom stereocenters. The van der Waals surface area contributed by atoms with Crippen molar-refractivity contribution in [3.8, 4) is 11.5 Å². The van der Waals surface area contributed by atoms with Crippen LogP contribution in [0.2, 0.25) is 5.02 Å². The van der Waals surface area contributed by atoms with Crippen molar-refractivity contribution in [2.24, 2.45) is 0 Å². The van der Waals surface area contributed by atoms with Crippen LogP contribution >= 0.6 is 35.6 Å². The van der Waals surface area contributed by atoms with Crippen LogP contribution in [-0.2, 0) is 9.59 Å². The monoisotopic (exact) mass is 524 g/mol. The molecule has 0 bridgehead atoms. The summed E-state index contributed by atoms with van der Waals surface area (Å²) in [6, 6.07) is 20.0. The summed E-state index contributed by atoms with van der Waals surface area (Å²) in [4.78, 5) is 27.3. The normalized spacial score (nSPS) is 14.4. The molecule has 1 aliphatic rings. The number of carbonyl (C=O) groups is 2. The molecule has 0 saturated carbocycles. The van der Waals surface area contributed by atoms with E-state index in [2.05, 4.69) is 5.32 Å². The number of hydrogen-bond donors (Lipinski definition) is 1. The molecule has 178 valence electrons. The Morgan fingerprint density at radius 2 is 1.86 bits per heavy atom. The van der Waals surface area contributed by atoms with Crippen LogP contribution in [0.5, 0.6) is 11.5 Å². The van der Waals surface area contributed by atoms with Crippen molar-refractivity contribution in [1.82, 2.24) is 0 Å². The first-order valence-corrected chi connectivity index (χ1v) is 12.2. The Balaban J connectivity index is 1.50. The predicted octanol–water partition coefficient (Wildman–Crippen LogP) is 6.08. The van der Waals surface area contributed by atoms with Gasteiger partial charge in [0.15, 0.2) is 22.4 Å². The number of anilines is 2. The molecule has 2 amide bonds. The fourth-order valence-electron chi connectivity index (χ4n) is 3.36. The molecule has 1 saturated heterocycles. The fraction of sp³-hybridized carbons (Fsp3) is 0.115. The van der Waals surface area contributed by atoms with Gasteiger partial charge < -0.3 is 14.8 Å². The number of nitrogens with zero attached hydrogens (tertiary/aromatic N) is 1. The van der Waals surface area contributed by atoms with Gasteiger partial charge in [-0.2, -0.15) is 0 Å². The van der Waals surface area contributed by atoms with Crippen LogP contribution in [0.25, 0.3) is 6.08 Å². The number of rotatable bonds is 7. The number of nitrogens with one attached hydrogen (secondary N) is 1. The molecular formula is C26H21ClN2O4S2. The highest BCUT2D eigenvalue weighted by atomic mass is 35.5. The molecule has 35 heavy (non-hydrogen) atoms. The summed E-state index contributed by atoms with van der Waals surface area (Å²) >= 11 is 13.1. The van der Waals surface area contributed by atoms with E-state index < -0.39 is 0 Å². The topological polar surface area (TPSA) is 67.9 Å². The number of benzene rings is 3. The molecule has 1 heterocycles. The average Bonchev–Trinajstić information content (AvgIpc) is 3.11. The SMILES string of the molecule is COc1cc(/C=C2\SC(=S)N(c3ccc(C)cc3)C2=O)cc(Cl)c1OCC(=O)Nc1ccccc1. The van der Waals surface area contributed by atoms with Crippen LogP contribution in [0.1, 0.15) is 11.1 Å². The fourth-order valence-corrected chi connectivity index (χ4v) is 4.93. The van der Waals surface area contributed by atoms with Crippen molar-refractivity contribution >= 4 is 69.2 Å². The lowest BCUT2D eigenvalue weighted by atomic mass is 10.1. The first-order chi connectivity index (χ1) is 16.9. The minimum absolute atomic E-state index is 0.211. The Morgan fingerprint density at radius 3 is 2.54 bits per heavy atom. The van der Waals surface area contributed by atoms with E-state index in [0.717, 1.165) is 11.3 Å². The Labute approximate surface area is 217 Å². The largest absolute Gasteiger partial charge is 0.493 e. The smallest absolute Gasteiger partial charge is 0.270 e. The number of para-hydroxylation sites is 1. The molecule has 1 N–H and O–H groups in total. The van der Waals surface area contributed by atoms with Gasteiger partial charge in [0, 0.05) is 5.69 Å². The number of aryl methyl sites for hydroxylation is 1. The molecule has 6 nitrogen and oxygen atoms in total. The van der Waals surface area contributed by atoms with Crippen molar-refractivity contribution < 1.29 is 19.1 Å². The van der Waals surface area contributed by atoms with Gasteiger partial charge >= 0.3 is 0 Å². The molecule has 9 heteroatoms. The highest BCUT2D eigenvalue weighted by Crippen LogP contribution is 2.40. The van der Waals surface area contributed by atoms with Gasteiger partial charge in [0.2, 0.25) is 0 Å². The van der Waals surface area contributed by atoms with Crippen LogP contribution in [0.15, 0.2) is 71.6 Å². The highest BCUT2D eigenvalue weighted by Gasteiger charge is 2.33. The number of ether oxygens (including phenoxy) is 2. The van der Waals surface area contributed by atoms with Crippen molar-refractivity contribution in [1.29, 1.82) is 0 Å². The predicted molar refractivity (Wildman–Crippen MR) is 145 cm³/mol. The number of methoxy groups -OCH3 is 1. The van der Waals surface area contributed by atoms with E-state index in [1.165, 1.54) is 23.8 Å². The zero-order chi connectivity index (χ0) is 24.9. The van der Waals surface area contributed by atoms with Crippen LogP contribution in [0, 0.1) is 6.92 Å². The van der Waals surface area contributed by atoms with Gasteiger partial charge in [-0.1, -0.05) is 71.5 Å². The van der Waals surface area contributed by atoms with E-state index in [1.807, 2.05) is 49.4 Å². The van der Waals surface area contributed by atoms with Gasteiger partial charge in [-0.3, -0.25) is 14.5 Å². The van der Waals surface area contributed by atoms with Gasteiger partial charge in [-0.25, -0.2) is 0 Å². The Hall–Kier alpha value is -3.33. The number of thioether (sulfide) groups is 1. The van der Waals surface area contributed by atoms with E-state index >= 15 is 0 Å². The molecule has 0 atom stereocenters. The Bertz CT molecular complexity index is 1310. The third-order valence-electron chi connectivity index (χ3n) is 5.04. The second-order valence-corrected chi connectivity index (χ2v) is 9.67. The van der Waals surface area contributed by atoms with Crippen LogP contribution in [0.3, 0.4) is 0 Å². The minimum atomic E-state index is -0.335. The molecule has 1 fully saturated rings. The maximum absolute atomic E-state index is 13.1. The molecule has 3 aromatic carbocycles. The van der Waals surface area contributed by atoms with Crippen molar-refractivity contribution in [3.05, 3.63) is 87.8 Å². The minimum Gasteiger partial charge on any atom is -0.493 e. The molecule has 1 aliphatic heterocycles. The summed E-state index contributed by atoms with van der Waals surface area (Å²) in [7, 11) is 1.48. The summed E-state index contributed by atoms with van der Waals surface area (Å²) in [5.74, 6) is 0.0297. The summed E-state index contributed by atoms with van der Waals surface area (Å²) in [6.45, 7) is 1.73. The average molecular weight is 525 g/mol. The molecule has 0 aromatic heterocycles. The lowest BCUT2D eigenvalue weighted by Crippen LogP contribution is -2.27. The molecule has 0 spiro atoms. The first kappa shape index (κ1) is 24.8. The summed E-state index contributed by atoms with van der Waals surface area (Å²) in [5.41, 5.74) is 3.11. The third-order valence-corrected chi connectivity index (χ3v) is 6.62. The zero-order valence-electron chi connectivity index (χ0n) is 18.9. The Morgan fingerprint density at radius 1 is 1.14 bits per heavy atom. The standard InChI is InChI=1S/C26H21ClN2O4S2/c1-16-8-10-19(11-9-16)29-25(31)22(35-26(29)34)14-17-12-20(27)24(21(13-17)32-2)33-15-23(30)28-18-6-4-3-5-7-18/h3-14H,15H2,1-2H3,(H,28,30)/b22-14-. The van der Waals surface area contributed by atoms with Gasteiger partial charge in [0.05, 0.1) is 22.7 Å². The van der Waals surface area contributed by atoms with Crippen molar-refractivity contribution in [2.75, 3.05) is 23.9 Å². The second-order valence-electron chi connectivity index (χ2n) is 7.59. The number of carbonyl (C=O) groups excluding carboxylic acids is 2. The summed E-state index contributed by atoms with van der Waals surface area (Å²) < 4.78 is 11.5. The number of halogens is 1. The van der Waals surface area contributed by atoms with E-state index in [1.54, 1.807) is 30.3 Å². The summed E-state index contributed by atoms with van der Waals surface area (Å²) in [6.07, 6.45) is 1.70.